The number of amides is 1. The molecule has 1 aliphatic carbocycles. The summed E-state index contributed by atoms with van der Waals surface area (Å²) >= 11 is 0. The molecule has 1 aromatic rings. The number of carbonyl (C=O) groups excluding carboxylic acids is 1. The molecular weight excluding hydrogens is 374 g/mol. The molecule has 1 fully saturated rings. The van der Waals surface area contributed by atoms with Gasteiger partial charge >= 0.3 is 0 Å². The predicted molar refractivity (Wildman–Crippen MR) is 111 cm³/mol. The van der Waals surface area contributed by atoms with E-state index in [9.17, 15) is 13.2 Å². The largest absolute Gasteiger partial charge is 0.350 e. The number of aryl methyl sites for hydroxylation is 2. The van der Waals surface area contributed by atoms with Gasteiger partial charge in [-0.2, -0.15) is 4.31 Å². The van der Waals surface area contributed by atoms with E-state index in [0.29, 0.717) is 37.6 Å². The van der Waals surface area contributed by atoms with Crippen LogP contribution in [0.2, 0.25) is 0 Å². The van der Waals surface area contributed by atoms with E-state index >= 15 is 0 Å². The van der Waals surface area contributed by atoms with Crippen LogP contribution < -0.4 is 5.32 Å². The number of rotatable bonds is 6. The van der Waals surface area contributed by atoms with E-state index in [1.54, 1.807) is 10.4 Å². The van der Waals surface area contributed by atoms with E-state index in [1.165, 1.54) is 17.5 Å². The van der Waals surface area contributed by atoms with Gasteiger partial charge in [0.1, 0.15) is 0 Å². The summed E-state index contributed by atoms with van der Waals surface area (Å²) in [5, 5.41) is 3.04. The highest BCUT2D eigenvalue weighted by Gasteiger charge is 2.30. The first-order valence-electron chi connectivity index (χ1n) is 10.4. The maximum Gasteiger partial charge on any atom is 0.243 e. The Bertz CT molecular complexity index is 812. The SMILES string of the molecule is CCC(C)(C)NC(=O)CN1CCN(S(=O)(=O)c2ccc3c(c2)CCCC3)CC1. The van der Waals surface area contributed by atoms with Gasteiger partial charge in [-0.05, 0) is 69.2 Å². The highest BCUT2D eigenvalue weighted by molar-refractivity contribution is 7.89. The monoisotopic (exact) mass is 407 g/mol. The van der Waals surface area contributed by atoms with Crippen LogP contribution in [0.1, 0.15) is 51.2 Å². The second-order valence-electron chi connectivity index (χ2n) is 8.60. The first-order chi connectivity index (χ1) is 13.2. The normalized spacial score (nSPS) is 19.2. The standard InChI is InChI=1S/C21H33N3O3S/c1-4-21(2,3)22-20(25)16-23-11-13-24(14-12-23)28(26,27)19-10-9-17-7-5-6-8-18(17)15-19/h9-10,15H,4-8,11-14,16H2,1-3H3,(H,22,25). The molecule has 28 heavy (non-hydrogen) atoms. The predicted octanol–water partition coefficient (Wildman–Crippen LogP) is 2.18. The van der Waals surface area contributed by atoms with Crippen molar-refractivity contribution in [2.24, 2.45) is 0 Å². The molecule has 0 spiro atoms. The first kappa shape index (κ1) is 21.3. The number of sulfonamides is 1. The third-order valence-corrected chi connectivity index (χ3v) is 7.91. The van der Waals surface area contributed by atoms with Gasteiger partial charge in [0, 0.05) is 31.7 Å². The number of carbonyl (C=O) groups is 1. The molecule has 1 heterocycles. The highest BCUT2D eigenvalue weighted by atomic mass is 32.2. The Balaban J connectivity index is 1.59. The molecule has 0 saturated carbocycles. The average molecular weight is 408 g/mol. The van der Waals surface area contributed by atoms with Crippen LogP contribution in [0.3, 0.4) is 0 Å². The average Bonchev–Trinajstić information content (AvgIpc) is 2.67. The van der Waals surface area contributed by atoms with Gasteiger partial charge in [0.25, 0.3) is 0 Å². The lowest BCUT2D eigenvalue weighted by atomic mass is 9.92. The van der Waals surface area contributed by atoms with Gasteiger partial charge in [-0.1, -0.05) is 13.0 Å². The van der Waals surface area contributed by atoms with E-state index in [-0.39, 0.29) is 11.4 Å². The van der Waals surface area contributed by atoms with Crippen molar-refractivity contribution in [1.29, 1.82) is 0 Å². The molecule has 6 nitrogen and oxygen atoms in total. The summed E-state index contributed by atoms with van der Waals surface area (Å²) < 4.78 is 27.7. The van der Waals surface area contributed by atoms with Gasteiger partial charge in [0.2, 0.25) is 15.9 Å². The van der Waals surface area contributed by atoms with Crippen molar-refractivity contribution >= 4 is 15.9 Å². The molecule has 0 aromatic heterocycles. The Kier molecular flexibility index (Phi) is 6.47. The minimum Gasteiger partial charge on any atom is -0.350 e. The van der Waals surface area contributed by atoms with Crippen molar-refractivity contribution in [3.63, 3.8) is 0 Å². The van der Waals surface area contributed by atoms with Crippen LogP contribution in [0, 0.1) is 0 Å². The van der Waals surface area contributed by atoms with Crippen LogP contribution >= 0.6 is 0 Å². The number of benzene rings is 1. The molecule has 0 unspecified atom stereocenters. The van der Waals surface area contributed by atoms with Crippen molar-refractivity contribution in [2.45, 2.75) is 63.3 Å². The molecule has 1 N–H and O–H groups in total. The van der Waals surface area contributed by atoms with Gasteiger partial charge < -0.3 is 5.32 Å². The van der Waals surface area contributed by atoms with E-state index in [4.69, 9.17) is 0 Å². The zero-order valence-corrected chi connectivity index (χ0v) is 18.1. The molecule has 0 bridgehead atoms. The van der Waals surface area contributed by atoms with Crippen LogP contribution in [0.15, 0.2) is 23.1 Å². The second-order valence-corrected chi connectivity index (χ2v) is 10.5. The molecule has 1 saturated heterocycles. The van der Waals surface area contributed by atoms with Crippen LogP contribution in [0.4, 0.5) is 0 Å². The molecule has 2 aliphatic rings. The molecular formula is C21H33N3O3S. The number of nitrogens with zero attached hydrogens (tertiary/aromatic N) is 2. The van der Waals surface area contributed by atoms with Gasteiger partial charge in [0.15, 0.2) is 0 Å². The molecule has 0 atom stereocenters. The summed E-state index contributed by atoms with van der Waals surface area (Å²) in [7, 11) is -3.47. The Hall–Kier alpha value is -1.44. The van der Waals surface area contributed by atoms with Gasteiger partial charge in [-0.15, -0.1) is 0 Å². The molecule has 0 radical (unpaired) electrons. The minimum absolute atomic E-state index is 0.00200. The Morgan fingerprint density at radius 3 is 2.36 bits per heavy atom. The van der Waals surface area contributed by atoms with E-state index in [2.05, 4.69) is 5.32 Å². The molecule has 156 valence electrons. The van der Waals surface area contributed by atoms with Crippen LogP contribution in [-0.4, -0.2) is 61.8 Å². The van der Waals surface area contributed by atoms with Crippen LogP contribution in [-0.2, 0) is 27.7 Å². The van der Waals surface area contributed by atoms with Crippen molar-refractivity contribution < 1.29 is 13.2 Å². The Morgan fingerprint density at radius 2 is 1.71 bits per heavy atom. The second kappa shape index (κ2) is 8.51. The summed E-state index contributed by atoms with van der Waals surface area (Å²) in [6.45, 7) is 8.37. The lowest BCUT2D eigenvalue weighted by Crippen LogP contribution is -2.53. The Labute approximate surface area is 169 Å². The molecule has 1 amide bonds. The number of hydrogen-bond donors (Lipinski definition) is 1. The van der Waals surface area contributed by atoms with E-state index < -0.39 is 10.0 Å². The summed E-state index contributed by atoms with van der Waals surface area (Å²) in [6, 6.07) is 5.61. The summed E-state index contributed by atoms with van der Waals surface area (Å²) in [5.41, 5.74) is 2.26. The quantitative estimate of drug-likeness (QED) is 0.785. The fourth-order valence-electron chi connectivity index (χ4n) is 3.86. The highest BCUT2D eigenvalue weighted by Crippen LogP contribution is 2.26. The fourth-order valence-corrected chi connectivity index (χ4v) is 5.33. The zero-order chi connectivity index (χ0) is 20.4. The first-order valence-corrected chi connectivity index (χ1v) is 11.8. The maximum absolute atomic E-state index is 13.1. The smallest absolute Gasteiger partial charge is 0.243 e. The number of piperazine rings is 1. The van der Waals surface area contributed by atoms with Crippen LogP contribution in [0.25, 0.3) is 0 Å². The van der Waals surface area contributed by atoms with Crippen molar-refractivity contribution in [2.75, 3.05) is 32.7 Å². The topological polar surface area (TPSA) is 69.7 Å². The van der Waals surface area contributed by atoms with Gasteiger partial charge in [-0.25, -0.2) is 8.42 Å². The number of hydrogen-bond acceptors (Lipinski definition) is 4. The maximum atomic E-state index is 13.1. The lowest BCUT2D eigenvalue weighted by Gasteiger charge is -2.34. The molecule has 3 rings (SSSR count). The molecule has 1 aliphatic heterocycles. The van der Waals surface area contributed by atoms with Crippen molar-refractivity contribution in [1.82, 2.24) is 14.5 Å². The molecule has 7 heteroatoms. The summed E-state index contributed by atoms with van der Waals surface area (Å²) in [4.78, 5) is 14.7. The molecule has 1 aromatic carbocycles. The fraction of sp³-hybridized carbons (Fsp3) is 0.667. The zero-order valence-electron chi connectivity index (χ0n) is 17.3. The lowest BCUT2D eigenvalue weighted by molar-refractivity contribution is -0.124. The number of fused-ring (bicyclic) bond motifs is 1. The van der Waals surface area contributed by atoms with Crippen molar-refractivity contribution in [3.8, 4) is 0 Å². The van der Waals surface area contributed by atoms with Crippen LogP contribution in [0.5, 0.6) is 0 Å². The summed E-state index contributed by atoms with van der Waals surface area (Å²) in [6.07, 6.45) is 5.20. The van der Waals surface area contributed by atoms with Gasteiger partial charge in [-0.3, -0.25) is 9.69 Å². The van der Waals surface area contributed by atoms with E-state index in [0.717, 1.165) is 25.7 Å². The Morgan fingerprint density at radius 1 is 1.07 bits per heavy atom. The third kappa shape index (κ3) is 4.93. The van der Waals surface area contributed by atoms with Gasteiger partial charge in [0.05, 0.1) is 11.4 Å². The minimum atomic E-state index is -3.47. The summed E-state index contributed by atoms with van der Waals surface area (Å²) in [5.74, 6) is -0.00200. The van der Waals surface area contributed by atoms with Crippen molar-refractivity contribution in [3.05, 3.63) is 29.3 Å². The third-order valence-electron chi connectivity index (χ3n) is 6.02. The number of nitrogens with one attached hydrogen (secondary N) is 1. The van der Waals surface area contributed by atoms with E-state index in [1.807, 2.05) is 37.8 Å².